The fourth-order valence-corrected chi connectivity index (χ4v) is 3.68. The first-order valence-electron chi connectivity index (χ1n) is 8.09. The minimum absolute atomic E-state index is 0.108. The first kappa shape index (κ1) is 19.1. The van der Waals surface area contributed by atoms with Gasteiger partial charge in [0.15, 0.2) is 0 Å². The van der Waals surface area contributed by atoms with Crippen LogP contribution in [0.2, 0.25) is 0 Å². The molecule has 0 bridgehead atoms. The minimum atomic E-state index is -3.63. The van der Waals surface area contributed by atoms with E-state index in [1.165, 1.54) is 23.5 Å². The summed E-state index contributed by atoms with van der Waals surface area (Å²) in [6, 6.07) is 11.6. The lowest BCUT2D eigenvalue weighted by molar-refractivity contribution is 0.102. The highest BCUT2D eigenvalue weighted by molar-refractivity contribution is 7.89. The summed E-state index contributed by atoms with van der Waals surface area (Å²) in [5, 5.41) is 2.81. The van der Waals surface area contributed by atoms with E-state index in [1.54, 1.807) is 26.0 Å². The Morgan fingerprint density at radius 2 is 1.72 bits per heavy atom. The average molecular weight is 360 g/mol. The maximum Gasteiger partial charge on any atom is 0.255 e. The van der Waals surface area contributed by atoms with Crippen LogP contribution in [0.3, 0.4) is 0 Å². The number of hydrogen-bond donors (Lipinski definition) is 1. The molecule has 2 aromatic rings. The van der Waals surface area contributed by atoms with Gasteiger partial charge in [0.25, 0.3) is 5.91 Å². The second-order valence-corrected chi connectivity index (χ2v) is 8.39. The molecule has 1 amide bonds. The molecule has 0 spiro atoms. The molecule has 2 rings (SSSR count). The van der Waals surface area contributed by atoms with Gasteiger partial charge >= 0.3 is 0 Å². The van der Waals surface area contributed by atoms with Gasteiger partial charge in [-0.2, -0.15) is 4.31 Å². The molecule has 0 saturated heterocycles. The van der Waals surface area contributed by atoms with E-state index in [9.17, 15) is 13.2 Å². The van der Waals surface area contributed by atoms with Gasteiger partial charge in [0.05, 0.1) is 4.90 Å². The first-order valence-corrected chi connectivity index (χ1v) is 9.53. The van der Waals surface area contributed by atoms with Crippen molar-refractivity contribution in [2.75, 3.05) is 12.4 Å². The van der Waals surface area contributed by atoms with Crippen molar-refractivity contribution in [1.29, 1.82) is 0 Å². The molecule has 1 N–H and O–H groups in total. The molecule has 2 aromatic carbocycles. The number of anilines is 1. The van der Waals surface area contributed by atoms with Gasteiger partial charge in [-0.1, -0.05) is 12.1 Å². The van der Waals surface area contributed by atoms with Crippen LogP contribution in [0.25, 0.3) is 0 Å². The van der Waals surface area contributed by atoms with Gasteiger partial charge in [0.2, 0.25) is 10.0 Å². The van der Waals surface area contributed by atoms with Gasteiger partial charge in [-0.15, -0.1) is 0 Å². The largest absolute Gasteiger partial charge is 0.322 e. The number of amides is 1. The molecule has 0 radical (unpaired) electrons. The van der Waals surface area contributed by atoms with E-state index in [-0.39, 0.29) is 16.8 Å². The fourth-order valence-electron chi connectivity index (χ4n) is 2.26. The Balaban J connectivity index is 2.29. The monoisotopic (exact) mass is 360 g/mol. The van der Waals surface area contributed by atoms with Gasteiger partial charge < -0.3 is 5.32 Å². The van der Waals surface area contributed by atoms with Crippen molar-refractivity contribution in [2.24, 2.45) is 0 Å². The van der Waals surface area contributed by atoms with E-state index in [1.807, 2.05) is 32.0 Å². The van der Waals surface area contributed by atoms with E-state index < -0.39 is 10.0 Å². The topological polar surface area (TPSA) is 66.5 Å². The van der Waals surface area contributed by atoms with Crippen molar-refractivity contribution in [3.8, 4) is 0 Å². The number of benzene rings is 2. The van der Waals surface area contributed by atoms with Crippen LogP contribution in [0.1, 0.15) is 35.3 Å². The van der Waals surface area contributed by atoms with Gasteiger partial charge in [0.1, 0.15) is 0 Å². The van der Waals surface area contributed by atoms with Crippen LogP contribution >= 0.6 is 0 Å². The number of sulfonamides is 1. The lowest BCUT2D eigenvalue weighted by Gasteiger charge is -2.21. The number of carbonyl (C=O) groups is 1. The van der Waals surface area contributed by atoms with Gasteiger partial charge in [-0.05, 0) is 69.2 Å². The SMILES string of the molecule is Cc1ccc(NC(=O)c2cccc(S(=O)(=O)N(C)C(C)C)c2)cc1C. The third kappa shape index (κ3) is 4.27. The molecule has 5 nitrogen and oxygen atoms in total. The lowest BCUT2D eigenvalue weighted by atomic mass is 10.1. The summed E-state index contributed by atoms with van der Waals surface area (Å²) in [7, 11) is -2.10. The average Bonchev–Trinajstić information content (AvgIpc) is 2.57. The Morgan fingerprint density at radius 1 is 1.04 bits per heavy atom. The molecule has 6 heteroatoms. The number of hydrogen-bond acceptors (Lipinski definition) is 3. The number of carbonyl (C=O) groups excluding carboxylic acids is 1. The predicted molar refractivity (Wildman–Crippen MR) is 100 cm³/mol. The van der Waals surface area contributed by atoms with Crippen LogP contribution in [0.15, 0.2) is 47.4 Å². The van der Waals surface area contributed by atoms with Crippen LogP contribution in [0.4, 0.5) is 5.69 Å². The molecule has 0 aliphatic rings. The Bertz CT molecular complexity index is 889. The lowest BCUT2D eigenvalue weighted by Crippen LogP contribution is -2.33. The third-order valence-corrected chi connectivity index (χ3v) is 6.29. The number of aryl methyl sites for hydroxylation is 2. The second-order valence-electron chi connectivity index (χ2n) is 6.40. The Kier molecular flexibility index (Phi) is 5.65. The maximum atomic E-state index is 12.6. The standard InChI is InChI=1S/C19H24N2O3S/c1-13(2)21(5)25(23,24)18-8-6-7-16(12-18)19(22)20-17-10-9-14(3)15(4)11-17/h6-13H,1-5H3,(H,20,22). The van der Waals surface area contributed by atoms with Crippen LogP contribution in [-0.2, 0) is 10.0 Å². The summed E-state index contributed by atoms with van der Waals surface area (Å²) in [5.41, 5.74) is 3.20. The van der Waals surface area contributed by atoms with Crippen molar-refractivity contribution in [3.63, 3.8) is 0 Å². The molecular formula is C19H24N2O3S. The fraction of sp³-hybridized carbons (Fsp3) is 0.316. The zero-order valence-corrected chi connectivity index (χ0v) is 16.0. The highest BCUT2D eigenvalue weighted by Crippen LogP contribution is 2.19. The maximum absolute atomic E-state index is 12.6. The Hall–Kier alpha value is -2.18. The van der Waals surface area contributed by atoms with Crippen LogP contribution in [0, 0.1) is 13.8 Å². The zero-order chi connectivity index (χ0) is 18.8. The molecule has 0 atom stereocenters. The zero-order valence-electron chi connectivity index (χ0n) is 15.2. The molecule has 0 aromatic heterocycles. The molecule has 134 valence electrons. The van der Waals surface area contributed by atoms with E-state index >= 15 is 0 Å². The summed E-state index contributed by atoms with van der Waals surface area (Å²) in [6.07, 6.45) is 0. The summed E-state index contributed by atoms with van der Waals surface area (Å²) in [5.74, 6) is -0.340. The molecule has 25 heavy (non-hydrogen) atoms. The van der Waals surface area contributed by atoms with E-state index in [0.717, 1.165) is 11.1 Å². The molecule has 0 unspecified atom stereocenters. The van der Waals surface area contributed by atoms with Crippen LogP contribution < -0.4 is 5.32 Å². The Morgan fingerprint density at radius 3 is 2.32 bits per heavy atom. The quantitative estimate of drug-likeness (QED) is 0.886. The van der Waals surface area contributed by atoms with E-state index in [4.69, 9.17) is 0 Å². The van der Waals surface area contributed by atoms with Crippen molar-refractivity contribution in [3.05, 3.63) is 59.2 Å². The van der Waals surface area contributed by atoms with Crippen molar-refractivity contribution in [1.82, 2.24) is 4.31 Å². The van der Waals surface area contributed by atoms with Crippen molar-refractivity contribution < 1.29 is 13.2 Å². The summed E-state index contributed by atoms with van der Waals surface area (Å²) < 4.78 is 26.5. The van der Waals surface area contributed by atoms with Crippen molar-refractivity contribution >= 4 is 21.6 Å². The van der Waals surface area contributed by atoms with Crippen LogP contribution in [0.5, 0.6) is 0 Å². The smallest absolute Gasteiger partial charge is 0.255 e. The normalized spacial score (nSPS) is 11.8. The molecule has 0 fully saturated rings. The molecule has 0 saturated carbocycles. The highest BCUT2D eigenvalue weighted by atomic mass is 32.2. The molecule has 0 aliphatic carbocycles. The minimum Gasteiger partial charge on any atom is -0.322 e. The summed E-state index contributed by atoms with van der Waals surface area (Å²) in [4.78, 5) is 12.6. The predicted octanol–water partition coefficient (Wildman–Crippen LogP) is 3.58. The summed E-state index contributed by atoms with van der Waals surface area (Å²) >= 11 is 0. The van der Waals surface area contributed by atoms with Gasteiger partial charge in [0, 0.05) is 24.3 Å². The van der Waals surface area contributed by atoms with E-state index in [0.29, 0.717) is 11.3 Å². The molecule has 0 heterocycles. The van der Waals surface area contributed by atoms with Gasteiger partial charge in [-0.3, -0.25) is 4.79 Å². The number of nitrogens with zero attached hydrogens (tertiary/aromatic N) is 1. The molecule has 0 aliphatic heterocycles. The third-order valence-electron chi connectivity index (χ3n) is 4.27. The summed E-state index contributed by atoms with van der Waals surface area (Å²) in [6.45, 7) is 7.57. The van der Waals surface area contributed by atoms with E-state index in [2.05, 4.69) is 5.32 Å². The second kappa shape index (κ2) is 7.37. The van der Waals surface area contributed by atoms with Gasteiger partial charge in [-0.25, -0.2) is 8.42 Å². The van der Waals surface area contributed by atoms with Crippen LogP contribution in [-0.4, -0.2) is 31.7 Å². The molecular weight excluding hydrogens is 336 g/mol. The highest BCUT2D eigenvalue weighted by Gasteiger charge is 2.23. The first-order chi connectivity index (χ1) is 11.6. The number of rotatable bonds is 5. The Labute approximate surface area is 149 Å². The van der Waals surface area contributed by atoms with Crippen molar-refractivity contribution in [2.45, 2.75) is 38.6 Å². The number of nitrogens with one attached hydrogen (secondary N) is 1.